The molecule has 4 rings (SSSR count). The van der Waals surface area contributed by atoms with Crippen LogP contribution in [0, 0.1) is 0 Å². The summed E-state index contributed by atoms with van der Waals surface area (Å²) in [5.41, 5.74) is 1.17. The van der Waals surface area contributed by atoms with E-state index in [0.29, 0.717) is 5.75 Å². The van der Waals surface area contributed by atoms with Gasteiger partial charge in [0.2, 0.25) is 5.88 Å². The molecule has 0 unspecified atom stereocenters. The maximum Gasteiger partial charge on any atom is 0.433 e. The van der Waals surface area contributed by atoms with Crippen molar-refractivity contribution in [1.82, 2.24) is 19.6 Å². The minimum absolute atomic E-state index is 0.0520. The molecule has 0 bridgehead atoms. The Morgan fingerprint density at radius 2 is 1.96 bits per heavy atom. The fourth-order valence-electron chi connectivity index (χ4n) is 2.96. The number of halogens is 3. The summed E-state index contributed by atoms with van der Waals surface area (Å²) in [6.07, 6.45) is 0.518. The van der Waals surface area contributed by atoms with E-state index >= 15 is 0 Å². The van der Waals surface area contributed by atoms with Crippen LogP contribution in [0.3, 0.4) is 0 Å². The Labute approximate surface area is 135 Å². The van der Waals surface area contributed by atoms with Crippen LogP contribution in [-0.4, -0.2) is 19.6 Å². The number of aromatic nitrogens is 4. The van der Waals surface area contributed by atoms with Gasteiger partial charge in [-0.1, -0.05) is 12.1 Å². The fourth-order valence-corrected chi connectivity index (χ4v) is 2.96. The molecule has 5 nitrogen and oxygen atoms in total. The van der Waals surface area contributed by atoms with Crippen molar-refractivity contribution < 1.29 is 17.9 Å². The van der Waals surface area contributed by atoms with Crippen LogP contribution in [0.4, 0.5) is 13.2 Å². The third-order valence-electron chi connectivity index (χ3n) is 4.08. The average molecular weight is 334 g/mol. The number of hydrogen-bond acceptors (Lipinski definition) is 4. The third-order valence-corrected chi connectivity index (χ3v) is 4.08. The van der Waals surface area contributed by atoms with Crippen molar-refractivity contribution in [3.63, 3.8) is 0 Å². The van der Waals surface area contributed by atoms with Crippen LogP contribution in [-0.2, 0) is 19.0 Å². The van der Waals surface area contributed by atoms with Gasteiger partial charge in [0.1, 0.15) is 12.1 Å². The predicted octanol–water partition coefficient (Wildman–Crippen LogP) is 3.81. The molecule has 8 heteroatoms. The molecule has 2 aromatic heterocycles. The van der Waals surface area contributed by atoms with E-state index in [4.69, 9.17) is 4.74 Å². The first-order valence-electron chi connectivity index (χ1n) is 7.59. The first kappa shape index (κ1) is 14.9. The van der Waals surface area contributed by atoms with Crippen molar-refractivity contribution in [2.45, 2.75) is 31.9 Å². The summed E-state index contributed by atoms with van der Waals surface area (Å²) in [7, 11) is 0. The van der Waals surface area contributed by atoms with Gasteiger partial charge in [-0.25, -0.2) is 4.98 Å². The molecule has 1 aliphatic rings. The SMILES string of the molecule is FC(F)(F)c1cc(Oc2cccc3c2CCCC3)n2ncnc2n1. The molecule has 2 heterocycles. The van der Waals surface area contributed by atoms with Gasteiger partial charge in [-0.15, -0.1) is 0 Å². The van der Waals surface area contributed by atoms with Crippen LogP contribution in [0.15, 0.2) is 30.6 Å². The van der Waals surface area contributed by atoms with Gasteiger partial charge in [0.05, 0.1) is 0 Å². The highest BCUT2D eigenvalue weighted by Crippen LogP contribution is 2.35. The fraction of sp³-hybridized carbons (Fsp3) is 0.312. The summed E-state index contributed by atoms with van der Waals surface area (Å²) in [6.45, 7) is 0. The lowest BCUT2D eigenvalue weighted by molar-refractivity contribution is -0.141. The van der Waals surface area contributed by atoms with Gasteiger partial charge in [-0.05, 0) is 42.9 Å². The number of ether oxygens (including phenoxy) is 1. The molecule has 0 N–H and O–H groups in total. The third kappa shape index (κ3) is 2.57. The predicted molar refractivity (Wildman–Crippen MR) is 78.9 cm³/mol. The first-order valence-corrected chi connectivity index (χ1v) is 7.59. The van der Waals surface area contributed by atoms with E-state index in [-0.39, 0.29) is 11.7 Å². The van der Waals surface area contributed by atoms with Crippen LogP contribution in [0.1, 0.15) is 29.7 Å². The van der Waals surface area contributed by atoms with E-state index in [1.54, 1.807) is 6.07 Å². The summed E-state index contributed by atoms with van der Waals surface area (Å²) >= 11 is 0. The molecular weight excluding hydrogens is 321 g/mol. The zero-order valence-corrected chi connectivity index (χ0v) is 12.5. The summed E-state index contributed by atoms with van der Waals surface area (Å²) in [5, 5.41) is 3.90. The number of fused-ring (bicyclic) bond motifs is 2. The van der Waals surface area contributed by atoms with Gasteiger partial charge in [-0.3, -0.25) is 0 Å². The molecule has 3 aromatic rings. The van der Waals surface area contributed by atoms with Crippen molar-refractivity contribution in [2.75, 3.05) is 0 Å². The van der Waals surface area contributed by atoms with E-state index < -0.39 is 11.9 Å². The van der Waals surface area contributed by atoms with Crippen molar-refractivity contribution in [2.24, 2.45) is 0 Å². The van der Waals surface area contributed by atoms with Crippen LogP contribution in [0.25, 0.3) is 5.78 Å². The van der Waals surface area contributed by atoms with Crippen molar-refractivity contribution in [3.8, 4) is 11.6 Å². The lowest BCUT2D eigenvalue weighted by Gasteiger charge is -2.19. The first-order chi connectivity index (χ1) is 11.5. The highest BCUT2D eigenvalue weighted by molar-refractivity contribution is 5.44. The molecule has 1 aliphatic carbocycles. The van der Waals surface area contributed by atoms with Gasteiger partial charge in [0, 0.05) is 6.07 Å². The van der Waals surface area contributed by atoms with Crippen molar-refractivity contribution >= 4 is 5.78 Å². The Bertz CT molecular complexity index is 904. The van der Waals surface area contributed by atoms with Crippen LogP contribution < -0.4 is 4.74 Å². The molecule has 0 saturated heterocycles. The zero-order valence-electron chi connectivity index (χ0n) is 12.5. The van der Waals surface area contributed by atoms with Gasteiger partial charge in [0.15, 0.2) is 5.69 Å². The number of hydrogen-bond donors (Lipinski definition) is 0. The largest absolute Gasteiger partial charge is 0.438 e. The Hall–Kier alpha value is -2.64. The number of aryl methyl sites for hydroxylation is 1. The molecule has 0 saturated carbocycles. The van der Waals surface area contributed by atoms with Gasteiger partial charge >= 0.3 is 6.18 Å². The Kier molecular flexibility index (Phi) is 3.40. The summed E-state index contributed by atoms with van der Waals surface area (Å²) in [6, 6.07) is 6.49. The summed E-state index contributed by atoms with van der Waals surface area (Å²) < 4.78 is 46.1. The van der Waals surface area contributed by atoms with Gasteiger partial charge < -0.3 is 4.74 Å². The second-order valence-corrected chi connectivity index (χ2v) is 5.65. The van der Waals surface area contributed by atoms with Gasteiger partial charge in [0.25, 0.3) is 5.78 Å². The molecule has 24 heavy (non-hydrogen) atoms. The zero-order chi connectivity index (χ0) is 16.7. The average Bonchev–Trinajstić information content (AvgIpc) is 3.03. The Balaban J connectivity index is 1.81. The summed E-state index contributed by atoms with van der Waals surface area (Å²) in [4.78, 5) is 7.22. The second-order valence-electron chi connectivity index (χ2n) is 5.65. The minimum Gasteiger partial charge on any atom is -0.438 e. The van der Waals surface area contributed by atoms with Gasteiger partial charge in [-0.2, -0.15) is 27.8 Å². The molecule has 0 spiro atoms. The topological polar surface area (TPSA) is 52.3 Å². The van der Waals surface area contributed by atoms with Crippen LogP contribution >= 0.6 is 0 Å². The summed E-state index contributed by atoms with van der Waals surface area (Å²) in [5.74, 6) is 0.358. The number of alkyl halides is 3. The van der Waals surface area contributed by atoms with E-state index in [9.17, 15) is 13.2 Å². The van der Waals surface area contributed by atoms with E-state index in [1.807, 2.05) is 12.1 Å². The Morgan fingerprint density at radius 1 is 1.12 bits per heavy atom. The molecule has 1 aromatic carbocycles. The van der Waals surface area contributed by atoms with Crippen molar-refractivity contribution in [1.29, 1.82) is 0 Å². The smallest absolute Gasteiger partial charge is 0.433 e. The minimum atomic E-state index is -4.58. The molecule has 0 atom stereocenters. The molecule has 124 valence electrons. The number of benzene rings is 1. The van der Waals surface area contributed by atoms with Crippen LogP contribution in [0.2, 0.25) is 0 Å². The monoisotopic (exact) mass is 334 g/mol. The molecular formula is C16H13F3N4O. The van der Waals surface area contributed by atoms with Crippen molar-refractivity contribution in [3.05, 3.63) is 47.4 Å². The quantitative estimate of drug-likeness (QED) is 0.715. The lowest BCUT2D eigenvalue weighted by atomic mass is 9.91. The normalized spacial score (nSPS) is 14.6. The van der Waals surface area contributed by atoms with Crippen LogP contribution in [0.5, 0.6) is 11.6 Å². The van der Waals surface area contributed by atoms with E-state index in [0.717, 1.165) is 48.2 Å². The van der Waals surface area contributed by atoms with E-state index in [1.165, 1.54) is 5.56 Å². The number of rotatable bonds is 2. The maximum atomic E-state index is 13.0. The standard InChI is InChI=1S/C16H13F3N4O/c17-16(18,19)13-8-14(23-15(22-13)20-9-21-23)24-12-7-3-5-10-4-1-2-6-11(10)12/h3,5,7-9H,1-2,4,6H2. The number of nitrogens with zero attached hydrogens (tertiary/aromatic N) is 4. The second kappa shape index (κ2) is 5.47. The lowest BCUT2D eigenvalue weighted by Crippen LogP contribution is -2.11. The highest BCUT2D eigenvalue weighted by atomic mass is 19.4. The Morgan fingerprint density at radius 3 is 2.79 bits per heavy atom. The molecule has 0 fully saturated rings. The molecule has 0 amide bonds. The molecule has 0 radical (unpaired) electrons. The highest BCUT2D eigenvalue weighted by Gasteiger charge is 2.34. The van der Waals surface area contributed by atoms with E-state index in [2.05, 4.69) is 15.1 Å². The molecule has 0 aliphatic heterocycles. The maximum absolute atomic E-state index is 13.0.